The van der Waals surface area contributed by atoms with E-state index in [4.69, 9.17) is 5.11 Å². The van der Waals surface area contributed by atoms with Crippen LogP contribution in [0.5, 0.6) is 0 Å². The molecular formula is C12H17FN2O3. The lowest BCUT2D eigenvalue weighted by Crippen LogP contribution is -2.41. The minimum atomic E-state index is -1.35. The van der Waals surface area contributed by atoms with Gasteiger partial charge in [0.2, 0.25) is 0 Å². The molecule has 1 heterocycles. The Morgan fingerprint density at radius 3 is 2.56 bits per heavy atom. The quantitative estimate of drug-likeness (QED) is 0.724. The van der Waals surface area contributed by atoms with Crippen LogP contribution in [0, 0.1) is 5.82 Å². The summed E-state index contributed by atoms with van der Waals surface area (Å²) in [6.45, 7) is 3.52. The molecule has 0 radical (unpaired) electrons. The number of aliphatic hydroxyl groups is 1. The summed E-state index contributed by atoms with van der Waals surface area (Å²) >= 11 is 0. The first-order chi connectivity index (χ1) is 8.49. The molecule has 0 amide bonds. The standard InChI is InChI=1S/C12H17FN2O3/c1-3-12(4-2,7-16)15-10-9(13)8(11(17)18)5-6-14-10/h5-6,16H,3-4,7H2,1-2H3,(H,14,15)(H,17,18). The monoisotopic (exact) mass is 256 g/mol. The number of rotatable bonds is 6. The third-order valence-electron chi connectivity index (χ3n) is 3.16. The van der Waals surface area contributed by atoms with Gasteiger partial charge in [0.1, 0.15) is 5.56 Å². The van der Waals surface area contributed by atoms with Gasteiger partial charge >= 0.3 is 5.97 Å². The van der Waals surface area contributed by atoms with E-state index in [1.807, 2.05) is 13.8 Å². The van der Waals surface area contributed by atoms with Crippen molar-refractivity contribution in [3.05, 3.63) is 23.6 Å². The minimum absolute atomic E-state index is 0.146. The maximum Gasteiger partial charge on any atom is 0.338 e. The number of halogens is 1. The fourth-order valence-corrected chi connectivity index (χ4v) is 1.64. The van der Waals surface area contributed by atoms with E-state index in [9.17, 15) is 14.3 Å². The number of hydrogen-bond donors (Lipinski definition) is 3. The maximum absolute atomic E-state index is 13.9. The SMILES string of the molecule is CCC(CC)(CO)Nc1nccc(C(=O)O)c1F. The van der Waals surface area contributed by atoms with E-state index >= 15 is 0 Å². The molecule has 0 aromatic carbocycles. The van der Waals surface area contributed by atoms with Crippen LogP contribution < -0.4 is 5.32 Å². The fraction of sp³-hybridized carbons (Fsp3) is 0.500. The highest BCUT2D eigenvalue weighted by molar-refractivity contribution is 5.88. The molecule has 0 fully saturated rings. The van der Waals surface area contributed by atoms with Crippen molar-refractivity contribution >= 4 is 11.8 Å². The van der Waals surface area contributed by atoms with E-state index in [2.05, 4.69) is 10.3 Å². The lowest BCUT2D eigenvalue weighted by molar-refractivity contribution is 0.0691. The smallest absolute Gasteiger partial charge is 0.338 e. The summed E-state index contributed by atoms with van der Waals surface area (Å²) in [5.74, 6) is -2.40. The van der Waals surface area contributed by atoms with E-state index in [-0.39, 0.29) is 12.4 Å². The molecule has 5 nitrogen and oxygen atoms in total. The summed E-state index contributed by atoms with van der Waals surface area (Å²) in [6.07, 6.45) is 2.36. The second-order valence-corrected chi connectivity index (χ2v) is 4.10. The summed E-state index contributed by atoms with van der Waals surface area (Å²) in [5.41, 5.74) is -1.13. The Bertz CT molecular complexity index is 425. The molecule has 0 saturated heterocycles. The third kappa shape index (κ3) is 2.76. The molecule has 100 valence electrons. The molecule has 0 saturated carbocycles. The van der Waals surface area contributed by atoms with Gasteiger partial charge in [-0.15, -0.1) is 0 Å². The van der Waals surface area contributed by atoms with Crippen molar-refractivity contribution in [2.24, 2.45) is 0 Å². The number of aliphatic hydroxyl groups excluding tert-OH is 1. The van der Waals surface area contributed by atoms with Gasteiger partial charge in [-0.05, 0) is 18.9 Å². The lowest BCUT2D eigenvalue weighted by Gasteiger charge is -2.31. The van der Waals surface area contributed by atoms with Gasteiger partial charge in [-0.3, -0.25) is 0 Å². The van der Waals surface area contributed by atoms with Crippen LogP contribution in [-0.4, -0.2) is 33.3 Å². The molecule has 0 unspecified atom stereocenters. The van der Waals surface area contributed by atoms with Crippen molar-refractivity contribution < 1.29 is 19.4 Å². The first kappa shape index (κ1) is 14.4. The summed E-state index contributed by atoms with van der Waals surface area (Å²) in [7, 11) is 0. The Labute approximate surface area is 105 Å². The summed E-state index contributed by atoms with van der Waals surface area (Å²) in [4.78, 5) is 14.6. The van der Waals surface area contributed by atoms with Crippen molar-refractivity contribution in [1.82, 2.24) is 4.98 Å². The number of nitrogens with one attached hydrogen (secondary N) is 1. The first-order valence-electron chi connectivity index (χ1n) is 5.76. The van der Waals surface area contributed by atoms with Crippen molar-refractivity contribution in [2.45, 2.75) is 32.2 Å². The van der Waals surface area contributed by atoms with Gasteiger partial charge in [0, 0.05) is 6.20 Å². The van der Waals surface area contributed by atoms with Crippen molar-refractivity contribution in [3.63, 3.8) is 0 Å². The predicted molar refractivity (Wildman–Crippen MR) is 65.2 cm³/mol. The molecule has 1 aromatic heterocycles. The first-order valence-corrected chi connectivity index (χ1v) is 5.76. The van der Waals surface area contributed by atoms with Crippen LogP contribution in [0.2, 0.25) is 0 Å². The largest absolute Gasteiger partial charge is 0.478 e. The number of anilines is 1. The van der Waals surface area contributed by atoms with Crippen LogP contribution in [0.25, 0.3) is 0 Å². The van der Waals surface area contributed by atoms with E-state index in [1.165, 1.54) is 6.20 Å². The molecule has 0 aliphatic heterocycles. The molecule has 0 atom stereocenters. The van der Waals surface area contributed by atoms with E-state index in [1.54, 1.807) is 0 Å². The molecule has 18 heavy (non-hydrogen) atoms. The molecule has 0 bridgehead atoms. The van der Waals surface area contributed by atoms with Gasteiger partial charge in [-0.2, -0.15) is 0 Å². The fourth-order valence-electron chi connectivity index (χ4n) is 1.64. The van der Waals surface area contributed by atoms with Crippen LogP contribution in [0.15, 0.2) is 12.3 Å². The van der Waals surface area contributed by atoms with Crippen LogP contribution in [0.1, 0.15) is 37.0 Å². The van der Waals surface area contributed by atoms with E-state index in [0.717, 1.165) is 6.07 Å². The van der Waals surface area contributed by atoms with Gasteiger partial charge in [0.25, 0.3) is 0 Å². The third-order valence-corrected chi connectivity index (χ3v) is 3.16. The van der Waals surface area contributed by atoms with Crippen molar-refractivity contribution in [3.8, 4) is 0 Å². The zero-order chi connectivity index (χ0) is 13.8. The number of carboxylic acids is 1. The predicted octanol–water partition coefficient (Wildman–Crippen LogP) is 1.88. The summed E-state index contributed by atoms with van der Waals surface area (Å²) in [5, 5.41) is 21.0. The van der Waals surface area contributed by atoms with Crippen LogP contribution >= 0.6 is 0 Å². The second kappa shape index (κ2) is 5.77. The molecule has 0 aliphatic rings. The average Bonchev–Trinajstić information content (AvgIpc) is 2.38. The minimum Gasteiger partial charge on any atom is -0.478 e. The molecule has 0 spiro atoms. The van der Waals surface area contributed by atoms with Gasteiger partial charge < -0.3 is 15.5 Å². The highest BCUT2D eigenvalue weighted by atomic mass is 19.1. The lowest BCUT2D eigenvalue weighted by atomic mass is 9.94. The number of carboxylic acid groups (broad SMARTS) is 1. The number of aromatic carboxylic acids is 1. The Morgan fingerprint density at radius 2 is 2.11 bits per heavy atom. The van der Waals surface area contributed by atoms with Gasteiger partial charge in [-0.1, -0.05) is 13.8 Å². The van der Waals surface area contributed by atoms with Gasteiger partial charge in [0.15, 0.2) is 11.6 Å². The zero-order valence-corrected chi connectivity index (χ0v) is 10.4. The highest BCUT2D eigenvalue weighted by Crippen LogP contribution is 2.23. The molecule has 0 aliphatic carbocycles. The van der Waals surface area contributed by atoms with Crippen molar-refractivity contribution in [1.29, 1.82) is 0 Å². The zero-order valence-electron chi connectivity index (χ0n) is 10.4. The van der Waals surface area contributed by atoms with Gasteiger partial charge in [0.05, 0.1) is 12.1 Å². The van der Waals surface area contributed by atoms with E-state index in [0.29, 0.717) is 12.8 Å². The van der Waals surface area contributed by atoms with Crippen molar-refractivity contribution in [2.75, 3.05) is 11.9 Å². The normalized spacial score (nSPS) is 11.3. The maximum atomic E-state index is 13.9. The molecule has 3 N–H and O–H groups in total. The Morgan fingerprint density at radius 1 is 1.50 bits per heavy atom. The van der Waals surface area contributed by atoms with Crippen LogP contribution in [0.4, 0.5) is 10.2 Å². The Balaban J connectivity index is 3.11. The highest BCUT2D eigenvalue weighted by Gasteiger charge is 2.27. The Hall–Kier alpha value is -1.69. The molecule has 6 heteroatoms. The molecule has 1 aromatic rings. The number of hydrogen-bond acceptors (Lipinski definition) is 4. The second-order valence-electron chi connectivity index (χ2n) is 4.10. The van der Waals surface area contributed by atoms with Crippen LogP contribution in [0.3, 0.4) is 0 Å². The van der Waals surface area contributed by atoms with E-state index < -0.39 is 22.9 Å². The number of aromatic nitrogens is 1. The van der Waals surface area contributed by atoms with Crippen LogP contribution in [-0.2, 0) is 0 Å². The topological polar surface area (TPSA) is 82.5 Å². The number of carbonyl (C=O) groups is 1. The molecular weight excluding hydrogens is 239 g/mol. The Kier molecular flexibility index (Phi) is 4.61. The summed E-state index contributed by atoms with van der Waals surface area (Å²) < 4.78 is 13.9. The number of pyridine rings is 1. The average molecular weight is 256 g/mol. The number of nitrogens with zero attached hydrogens (tertiary/aromatic N) is 1. The van der Waals surface area contributed by atoms with Gasteiger partial charge in [-0.25, -0.2) is 14.2 Å². The summed E-state index contributed by atoms with van der Waals surface area (Å²) in [6, 6.07) is 1.10. The molecule has 1 rings (SSSR count).